The maximum Gasteiger partial charge on any atom is 0.200 e. The van der Waals surface area contributed by atoms with Crippen molar-refractivity contribution in [2.24, 2.45) is 10.7 Å². The molecule has 0 aromatic carbocycles. The number of hydrogen-bond donors (Lipinski definition) is 4. The summed E-state index contributed by atoms with van der Waals surface area (Å²) in [5.41, 5.74) is 5.58. The summed E-state index contributed by atoms with van der Waals surface area (Å²) in [7, 11) is 0. The number of rotatable bonds is 0. The summed E-state index contributed by atoms with van der Waals surface area (Å²) in [6, 6.07) is 0. The van der Waals surface area contributed by atoms with Gasteiger partial charge in [-0.25, -0.2) is 4.99 Å². The van der Waals surface area contributed by atoms with Crippen LogP contribution in [0.4, 0.5) is 0 Å². The van der Waals surface area contributed by atoms with E-state index in [1.165, 1.54) is 0 Å². The second-order valence-corrected chi connectivity index (χ2v) is 4.37. The van der Waals surface area contributed by atoms with E-state index in [0.29, 0.717) is 4.99 Å². The van der Waals surface area contributed by atoms with Gasteiger partial charge in [-0.3, -0.25) is 0 Å². The third-order valence-electron chi connectivity index (χ3n) is 1.53. The van der Waals surface area contributed by atoms with Gasteiger partial charge in [-0.15, -0.1) is 0 Å². The van der Waals surface area contributed by atoms with E-state index >= 15 is 0 Å². The lowest BCUT2D eigenvalue weighted by atomic mass is 10.6. The molecule has 5 N–H and O–H groups in total. The first-order chi connectivity index (χ1) is 8.00. The van der Waals surface area contributed by atoms with E-state index in [0.717, 1.165) is 0 Å². The minimum Gasteiger partial charge on any atom is -0.369 e. The summed E-state index contributed by atoms with van der Waals surface area (Å²) < 4.78 is 5.15. The molecule has 0 unspecified atom stereocenters. The molecule has 0 amide bonds. The van der Waals surface area contributed by atoms with Crippen LogP contribution in [0.1, 0.15) is 0 Å². The lowest BCUT2D eigenvalue weighted by Gasteiger charge is -2.14. The van der Waals surface area contributed by atoms with Crippen LogP contribution < -0.4 is 21.7 Å². The Morgan fingerprint density at radius 3 is 2.24 bits per heavy atom. The molecule has 0 saturated heterocycles. The van der Waals surface area contributed by atoms with Crippen molar-refractivity contribution in [1.82, 2.24) is 16.0 Å². The molecule has 0 aromatic rings. The lowest BCUT2D eigenvalue weighted by Crippen LogP contribution is -2.46. The molecule has 10 heteroatoms. The predicted octanol–water partition coefficient (Wildman–Crippen LogP) is -0.675. The number of hydrogen-bond acceptors (Lipinski definition) is 6. The fourth-order valence-electron chi connectivity index (χ4n) is 0.801. The van der Waals surface area contributed by atoms with Crippen LogP contribution in [-0.2, 0) is 4.74 Å². The SMILES string of the molecule is NC1=NC(=S)C(=S)NCOCNC(=S)C(=S)N1. The van der Waals surface area contributed by atoms with Crippen LogP contribution >= 0.6 is 48.9 Å². The van der Waals surface area contributed by atoms with Crippen molar-refractivity contribution in [1.29, 1.82) is 0 Å². The molecule has 0 fully saturated rings. The largest absolute Gasteiger partial charge is 0.369 e. The molecule has 17 heavy (non-hydrogen) atoms. The van der Waals surface area contributed by atoms with Gasteiger partial charge in [0.05, 0.1) is 0 Å². The van der Waals surface area contributed by atoms with Crippen molar-refractivity contribution in [2.75, 3.05) is 13.5 Å². The van der Waals surface area contributed by atoms with E-state index in [9.17, 15) is 0 Å². The zero-order chi connectivity index (χ0) is 12.8. The summed E-state index contributed by atoms with van der Waals surface area (Å²) in [6.45, 7) is 0.379. The van der Waals surface area contributed by atoms with Crippen molar-refractivity contribution in [2.45, 2.75) is 0 Å². The van der Waals surface area contributed by atoms with Gasteiger partial charge in [-0.05, 0) is 0 Å². The smallest absolute Gasteiger partial charge is 0.200 e. The highest BCUT2D eigenvalue weighted by molar-refractivity contribution is 7.89. The zero-order valence-electron chi connectivity index (χ0n) is 8.48. The summed E-state index contributed by atoms with van der Waals surface area (Å²) >= 11 is 19.9. The van der Waals surface area contributed by atoms with E-state index in [1.807, 2.05) is 0 Å². The van der Waals surface area contributed by atoms with Crippen LogP contribution in [0, 0.1) is 0 Å². The Bertz CT molecular complexity index is 407. The Morgan fingerprint density at radius 2 is 1.59 bits per heavy atom. The maximum absolute atomic E-state index is 5.58. The fourth-order valence-corrected chi connectivity index (χ4v) is 1.36. The zero-order valence-corrected chi connectivity index (χ0v) is 11.7. The van der Waals surface area contributed by atoms with Gasteiger partial charge < -0.3 is 26.4 Å². The number of nitrogens with one attached hydrogen (secondary N) is 3. The van der Waals surface area contributed by atoms with Gasteiger partial charge in [0, 0.05) is 0 Å². The topological polar surface area (TPSA) is 83.7 Å². The number of ether oxygens (including phenoxy) is 1. The predicted molar refractivity (Wildman–Crippen MR) is 82.2 cm³/mol. The minimum absolute atomic E-state index is 0.0368. The van der Waals surface area contributed by atoms with Crippen LogP contribution in [-0.4, -0.2) is 39.4 Å². The van der Waals surface area contributed by atoms with Crippen LogP contribution in [0.15, 0.2) is 4.99 Å². The van der Waals surface area contributed by atoms with E-state index < -0.39 is 0 Å². The average Bonchev–Trinajstić information content (AvgIpc) is 2.26. The molecule has 1 rings (SSSR count). The van der Waals surface area contributed by atoms with Crippen LogP contribution in [0.2, 0.25) is 0 Å². The van der Waals surface area contributed by atoms with Crippen molar-refractivity contribution in [3.8, 4) is 0 Å². The molecule has 1 heterocycles. The molecule has 1 aliphatic heterocycles. The molecule has 1 aliphatic rings. The molecule has 0 atom stereocenters. The number of nitrogens with zero attached hydrogens (tertiary/aromatic N) is 1. The highest BCUT2D eigenvalue weighted by Crippen LogP contribution is 1.87. The van der Waals surface area contributed by atoms with E-state index in [4.69, 9.17) is 59.3 Å². The molecule has 6 nitrogen and oxygen atoms in total. The molecule has 0 radical (unpaired) electrons. The summed E-state index contributed by atoms with van der Waals surface area (Å²) in [6.07, 6.45) is 0. The standard InChI is InChI=1S/C7H9N5OS4/c8-7-11-5(16)3(14)9-1-13-2-10-4(15)6(17)12-7/h1-2H2,(H,9,14)(H,10,15)(H3,8,11,12,16,17). The molecule has 0 saturated carbocycles. The van der Waals surface area contributed by atoms with Gasteiger partial charge >= 0.3 is 0 Å². The minimum atomic E-state index is 0.0368. The number of aliphatic imine (C=N–C) groups is 1. The Kier molecular flexibility index (Phi) is 5.71. The summed E-state index contributed by atoms with van der Waals surface area (Å²) in [4.78, 5) is 4.84. The third kappa shape index (κ3) is 4.91. The van der Waals surface area contributed by atoms with Gasteiger partial charge in [0.2, 0.25) is 0 Å². The van der Waals surface area contributed by atoms with Crippen molar-refractivity contribution in [3.05, 3.63) is 0 Å². The normalized spacial score (nSPS) is 19.2. The highest BCUT2D eigenvalue weighted by atomic mass is 32.1. The van der Waals surface area contributed by atoms with Gasteiger partial charge in [0.1, 0.15) is 28.4 Å². The molecular formula is C7H9N5OS4. The van der Waals surface area contributed by atoms with Gasteiger partial charge in [0.25, 0.3) is 0 Å². The Labute approximate surface area is 119 Å². The van der Waals surface area contributed by atoms with Gasteiger partial charge in [-0.2, -0.15) is 0 Å². The first-order valence-electron chi connectivity index (χ1n) is 4.34. The number of nitrogens with two attached hydrogens (primary N) is 1. The van der Waals surface area contributed by atoms with Crippen LogP contribution in [0.25, 0.3) is 0 Å². The van der Waals surface area contributed by atoms with Gasteiger partial charge in [-0.1, -0.05) is 48.9 Å². The van der Waals surface area contributed by atoms with Crippen LogP contribution in [0.3, 0.4) is 0 Å². The van der Waals surface area contributed by atoms with Gasteiger partial charge in [0.15, 0.2) is 10.9 Å². The van der Waals surface area contributed by atoms with Crippen molar-refractivity contribution < 1.29 is 4.74 Å². The van der Waals surface area contributed by atoms with E-state index in [1.54, 1.807) is 0 Å². The lowest BCUT2D eigenvalue weighted by molar-refractivity contribution is 0.125. The molecular weight excluding hydrogens is 298 g/mol. The Balaban J connectivity index is 2.81. The first-order valence-corrected chi connectivity index (χ1v) is 5.97. The molecule has 0 aromatic heterocycles. The Hall–Kier alpha value is -0.810. The average molecular weight is 307 g/mol. The molecule has 0 bridgehead atoms. The summed E-state index contributed by atoms with van der Waals surface area (Å²) in [5.74, 6) is 0.0368. The highest BCUT2D eigenvalue weighted by Gasteiger charge is 2.09. The van der Waals surface area contributed by atoms with Crippen molar-refractivity contribution in [3.63, 3.8) is 0 Å². The van der Waals surface area contributed by atoms with E-state index in [2.05, 4.69) is 20.9 Å². The monoisotopic (exact) mass is 307 g/mol. The molecule has 92 valence electrons. The second kappa shape index (κ2) is 6.81. The quantitative estimate of drug-likeness (QED) is 0.435. The van der Waals surface area contributed by atoms with Crippen molar-refractivity contribution >= 4 is 74.8 Å². The molecule has 0 aliphatic carbocycles. The van der Waals surface area contributed by atoms with E-state index in [-0.39, 0.29) is 34.4 Å². The number of guanidine groups is 1. The second-order valence-electron chi connectivity index (χ2n) is 2.76. The third-order valence-corrected chi connectivity index (χ3v) is 3.08. The fraction of sp³-hybridized carbons (Fsp3) is 0.286. The first kappa shape index (κ1) is 14.3. The Morgan fingerprint density at radius 1 is 1.00 bits per heavy atom. The summed E-state index contributed by atoms with van der Waals surface area (Å²) in [5, 5.41) is 8.16. The number of thiocarbonyl (C=S) groups is 4. The maximum atomic E-state index is 5.58. The van der Waals surface area contributed by atoms with Crippen LogP contribution in [0.5, 0.6) is 0 Å². The molecule has 0 spiro atoms.